The molecule has 0 saturated heterocycles. The average Bonchev–Trinajstić information content (AvgIpc) is 3.18. The zero-order valence-electron chi connectivity index (χ0n) is 13.8. The van der Waals surface area contributed by atoms with Gasteiger partial charge in [-0.05, 0) is 42.8 Å². The number of aromatic amines is 1. The Balaban J connectivity index is 1.63. The van der Waals surface area contributed by atoms with Crippen LogP contribution in [0.4, 0.5) is 11.5 Å². The lowest BCUT2D eigenvalue weighted by atomic mass is 10.1. The molecule has 0 aliphatic heterocycles. The van der Waals surface area contributed by atoms with Gasteiger partial charge in [-0.15, -0.1) is 0 Å². The van der Waals surface area contributed by atoms with Crippen LogP contribution >= 0.6 is 0 Å². The van der Waals surface area contributed by atoms with Gasteiger partial charge in [-0.1, -0.05) is 12.1 Å². The summed E-state index contributed by atoms with van der Waals surface area (Å²) in [5, 5.41) is 11.3. The standard InChI is InChI=1S/C19H18N6/c1-12(13-4-6-17-14(9-13)3-2-8-21-17)24-19-16(20)5-7-18(25-19)15-10-22-23-11-15/h2-12H,20H2,1H3,(H,22,23)(H,24,25). The second kappa shape index (κ2) is 6.24. The van der Waals surface area contributed by atoms with E-state index in [1.807, 2.05) is 30.5 Å². The van der Waals surface area contributed by atoms with Gasteiger partial charge in [-0.3, -0.25) is 10.1 Å². The van der Waals surface area contributed by atoms with Gasteiger partial charge in [0.15, 0.2) is 0 Å². The summed E-state index contributed by atoms with van der Waals surface area (Å²) in [5.74, 6) is 0.664. The number of H-pyrrole nitrogens is 1. The van der Waals surface area contributed by atoms with Crippen LogP contribution in [0.2, 0.25) is 0 Å². The lowest BCUT2D eigenvalue weighted by Crippen LogP contribution is -2.10. The Morgan fingerprint density at radius 3 is 2.92 bits per heavy atom. The van der Waals surface area contributed by atoms with Gasteiger partial charge in [0.1, 0.15) is 5.82 Å². The van der Waals surface area contributed by atoms with Crippen molar-refractivity contribution < 1.29 is 0 Å². The van der Waals surface area contributed by atoms with Crippen molar-refractivity contribution >= 4 is 22.4 Å². The first-order valence-electron chi connectivity index (χ1n) is 8.07. The van der Waals surface area contributed by atoms with Crippen molar-refractivity contribution in [1.82, 2.24) is 20.2 Å². The third-order valence-corrected chi connectivity index (χ3v) is 4.20. The molecule has 3 aromatic heterocycles. The minimum absolute atomic E-state index is 0.0546. The van der Waals surface area contributed by atoms with Gasteiger partial charge < -0.3 is 11.1 Å². The topological polar surface area (TPSA) is 92.5 Å². The number of nitrogen functional groups attached to an aromatic ring is 1. The Bertz CT molecular complexity index is 1010. The van der Waals surface area contributed by atoms with Gasteiger partial charge in [0, 0.05) is 23.3 Å². The van der Waals surface area contributed by atoms with Crippen molar-refractivity contribution in [3.8, 4) is 11.3 Å². The maximum Gasteiger partial charge on any atom is 0.150 e. The molecule has 0 aliphatic carbocycles. The van der Waals surface area contributed by atoms with E-state index in [1.165, 1.54) is 0 Å². The Morgan fingerprint density at radius 2 is 2.08 bits per heavy atom. The maximum absolute atomic E-state index is 6.10. The summed E-state index contributed by atoms with van der Waals surface area (Å²) in [7, 11) is 0. The molecule has 0 aliphatic rings. The van der Waals surface area contributed by atoms with E-state index in [-0.39, 0.29) is 6.04 Å². The van der Waals surface area contributed by atoms with Crippen LogP contribution in [0.3, 0.4) is 0 Å². The van der Waals surface area contributed by atoms with Crippen LogP contribution in [0.1, 0.15) is 18.5 Å². The lowest BCUT2D eigenvalue weighted by molar-refractivity contribution is 0.878. The molecule has 25 heavy (non-hydrogen) atoms. The summed E-state index contributed by atoms with van der Waals surface area (Å²) in [4.78, 5) is 8.99. The summed E-state index contributed by atoms with van der Waals surface area (Å²) in [6.07, 6.45) is 5.35. The van der Waals surface area contributed by atoms with Crippen molar-refractivity contribution in [2.75, 3.05) is 11.1 Å². The molecule has 6 nitrogen and oxygen atoms in total. The highest BCUT2D eigenvalue weighted by molar-refractivity contribution is 5.79. The molecule has 1 unspecified atom stereocenters. The van der Waals surface area contributed by atoms with Gasteiger partial charge in [-0.2, -0.15) is 5.10 Å². The molecular formula is C19H18N6. The third kappa shape index (κ3) is 3.01. The first-order chi connectivity index (χ1) is 12.2. The minimum Gasteiger partial charge on any atom is -0.396 e. The van der Waals surface area contributed by atoms with Crippen molar-refractivity contribution in [3.63, 3.8) is 0 Å². The first-order valence-corrected chi connectivity index (χ1v) is 8.07. The molecule has 6 heteroatoms. The molecule has 124 valence electrons. The number of nitrogens with two attached hydrogens (primary N) is 1. The van der Waals surface area contributed by atoms with Crippen LogP contribution in [-0.4, -0.2) is 20.2 Å². The van der Waals surface area contributed by atoms with E-state index >= 15 is 0 Å². The number of hydrogen-bond donors (Lipinski definition) is 3. The summed E-state index contributed by atoms with van der Waals surface area (Å²) in [5.41, 5.74) is 10.6. The Morgan fingerprint density at radius 1 is 1.16 bits per heavy atom. The first kappa shape index (κ1) is 15.1. The van der Waals surface area contributed by atoms with Crippen LogP contribution in [0, 0.1) is 0 Å². The Kier molecular flexibility index (Phi) is 3.78. The molecule has 4 N–H and O–H groups in total. The number of fused-ring (bicyclic) bond motifs is 1. The predicted molar refractivity (Wildman–Crippen MR) is 100 cm³/mol. The fourth-order valence-electron chi connectivity index (χ4n) is 2.79. The van der Waals surface area contributed by atoms with Gasteiger partial charge in [0.2, 0.25) is 0 Å². The van der Waals surface area contributed by atoms with Crippen molar-refractivity contribution in [1.29, 1.82) is 0 Å². The average molecular weight is 330 g/mol. The fraction of sp³-hybridized carbons (Fsp3) is 0.105. The van der Waals surface area contributed by atoms with E-state index in [0.29, 0.717) is 11.5 Å². The molecule has 0 amide bonds. The Hall–Kier alpha value is -3.41. The summed E-state index contributed by atoms with van der Waals surface area (Å²) < 4.78 is 0. The van der Waals surface area contributed by atoms with Crippen LogP contribution in [-0.2, 0) is 0 Å². The molecule has 4 rings (SSSR count). The molecular weight excluding hydrogens is 312 g/mol. The van der Waals surface area contributed by atoms with Crippen molar-refractivity contribution in [3.05, 3.63) is 66.6 Å². The smallest absolute Gasteiger partial charge is 0.150 e. The zero-order chi connectivity index (χ0) is 17.2. The second-order valence-electron chi connectivity index (χ2n) is 5.94. The van der Waals surface area contributed by atoms with Crippen molar-refractivity contribution in [2.45, 2.75) is 13.0 Å². The SMILES string of the molecule is CC(Nc1nc(-c2cn[nH]c2)ccc1N)c1ccc2ncccc2c1. The monoisotopic (exact) mass is 330 g/mol. The van der Waals surface area contributed by atoms with Gasteiger partial charge in [0.05, 0.1) is 29.1 Å². The summed E-state index contributed by atoms with van der Waals surface area (Å²) in [6, 6.07) is 14.0. The molecule has 3 heterocycles. The van der Waals surface area contributed by atoms with Crippen molar-refractivity contribution in [2.24, 2.45) is 0 Å². The quantitative estimate of drug-likeness (QED) is 0.529. The largest absolute Gasteiger partial charge is 0.396 e. The molecule has 0 saturated carbocycles. The van der Waals surface area contributed by atoms with Crippen LogP contribution in [0.25, 0.3) is 22.2 Å². The van der Waals surface area contributed by atoms with Gasteiger partial charge in [-0.25, -0.2) is 4.98 Å². The molecule has 1 aromatic carbocycles. The highest BCUT2D eigenvalue weighted by Gasteiger charge is 2.11. The number of hydrogen-bond acceptors (Lipinski definition) is 5. The highest BCUT2D eigenvalue weighted by atomic mass is 15.1. The molecule has 1 atom stereocenters. The van der Waals surface area contributed by atoms with E-state index in [4.69, 9.17) is 5.73 Å². The minimum atomic E-state index is 0.0546. The highest BCUT2D eigenvalue weighted by Crippen LogP contribution is 2.27. The number of pyridine rings is 2. The number of nitrogens with zero attached hydrogens (tertiary/aromatic N) is 3. The summed E-state index contributed by atoms with van der Waals surface area (Å²) >= 11 is 0. The number of benzene rings is 1. The molecule has 0 fully saturated rings. The van der Waals surface area contributed by atoms with E-state index in [1.54, 1.807) is 12.4 Å². The fourth-order valence-corrected chi connectivity index (χ4v) is 2.79. The summed E-state index contributed by atoms with van der Waals surface area (Å²) in [6.45, 7) is 2.09. The number of anilines is 2. The predicted octanol–water partition coefficient (Wildman–Crippen LogP) is 3.78. The zero-order valence-corrected chi connectivity index (χ0v) is 13.8. The molecule has 0 spiro atoms. The number of rotatable bonds is 4. The van der Waals surface area contributed by atoms with Crippen LogP contribution in [0.15, 0.2) is 61.1 Å². The number of aromatic nitrogens is 4. The van der Waals surface area contributed by atoms with Crippen LogP contribution in [0.5, 0.6) is 0 Å². The maximum atomic E-state index is 6.10. The van der Waals surface area contributed by atoms with E-state index in [9.17, 15) is 0 Å². The lowest BCUT2D eigenvalue weighted by Gasteiger charge is -2.17. The van der Waals surface area contributed by atoms with E-state index in [2.05, 4.69) is 50.6 Å². The number of nitrogens with one attached hydrogen (secondary N) is 2. The van der Waals surface area contributed by atoms with E-state index in [0.717, 1.165) is 27.7 Å². The third-order valence-electron chi connectivity index (χ3n) is 4.20. The van der Waals surface area contributed by atoms with Crippen LogP contribution < -0.4 is 11.1 Å². The normalized spacial score (nSPS) is 12.2. The molecule has 4 aromatic rings. The molecule has 0 bridgehead atoms. The molecule has 0 radical (unpaired) electrons. The van der Waals surface area contributed by atoms with E-state index < -0.39 is 0 Å². The van der Waals surface area contributed by atoms with Gasteiger partial charge >= 0.3 is 0 Å². The van der Waals surface area contributed by atoms with Gasteiger partial charge in [0.25, 0.3) is 0 Å². The second-order valence-corrected chi connectivity index (χ2v) is 5.94. The Labute approximate surface area is 145 Å².